The lowest BCUT2D eigenvalue weighted by atomic mass is 10.1. The summed E-state index contributed by atoms with van der Waals surface area (Å²) < 4.78 is 21.7. The number of hydrogen-bond acceptors (Lipinski definition) is 6. The summed E-state index contributed by atoms with van der Waals surface area (Å²) in [5, 5.41) is 0.929. The number of hydrogen-bond donors (Lipinski definition) is 1. The molecule has 1 N–H and O–H groups in total. The van der Waals surface area contributed by atoms with Crippen LogP contribution in [-0.2, 0) is 20.0 Å². The fourth-order valence-corrected chi connectivity index (χ4v) is 3.74. The normalized spacial score (nSPS) is 11.2. The Bertz CT molecular complexity index is 851. The zero-order chi connectivity index (χ0) is 20.3. The molecule has 0 spiro atoms. The van der Waals surface area contributed by atoms with E-state index >= 15 is 0 Å². The van der Waals surface area contributed by atoms with Crippen molar-refractivity contribution in [3.63, 3.8) is 0 Å². The third-order valence-corrected chi connectivity index (χ3v) is 5.34. The Hall–Kier alpha value is -2.06. The van der Waals surface area contributed by atoms with Crippen molar-refractivity contribution >= 4 is 22.8 Å². The van der Waals surface area contributed by atoms with Gasteiger partial charge in [-0.15, -0.1) is 0 Å². The van der Waals surface area contributed by atoms with Crippen LogP contribution in [0.4, 0.5) is 0 Å². The summed E-state index contributed by atoms with van der Waals surface area (Å²) in [6.07, 6.45) is 0. The predicted octanol–water partition coefficient (Wildman–Crippen LogP) is 4.22. The van der Waals surface area contributed by atoms with Gasteiger partial charge in [0.1, 0.15) is 12.4 Å². The molecular weight excluding hydrogens is 388 g/mol. The summed E-state index contributed by atoms with van der Waals surface area (Å²) in [6.45, 7) is 5.46. The highest BCUT2D eigenvalue weighted by atomic mass is 32.2. The lowest BCUT2D eigenvalue weighted by molar-refractivity contribution is 0.0179. The zero-order valence-corrected chi connectivity index (χ0v) is 17.8. The lowest BCUT2D eigenvalue weighted by Crippen LogP contribution is -2.12. The van der Waals surface area contributed by atoms with Crippen molar-refractivity contribution in [3.8, 4) is 5.75 Å². The Kier molecular flexibility index (Phi) is 8.82. The van der Waals surface area contributed by atoms with Crippen LogP contribution in [0.2, 0.25) is 0 Å². The molecule has 156 valence electrons. The number of aromatic nitrogens is 2. The molecule has 0 aliphatic rings. The second-order valence-corrected chi connectivity index (χ2v) is 7.42. The molecule has 7 heteroatoms. The number of benzene rings is 2. The van der Waals surface area contributed by atoms with Gasteiger partial charge in [0.25, 0.3) is 0 Å². The summed E-state index contributed by atoms with van der Waals surface area (Å²) in [5.74, 6) is 1.73. The van der Waals surface area contributed by atoms with Gasteiger partial charge in [0, 0.05) is 12.9 Å². The summed E-state index contributed by atoms with van der Waals surface area (Å²) >= 11 is 1.70. The Morgan fingerprint density at radius 1 is 0.897 bits per heavy atom. The average molecular weight is 417 g/mol. The maximum absolute atomic E-state index is 5.90. The largest absolute Gasteiger partial charge is 0.491 e. The second-order valence-electron chi connectivity index (χ2n) is 6.45. The van der Waals surface area contributed by atoms with E-state index in [4.69, 9.17) is 18.9 Å². The highest BCUT2D eigenvalue weighted by Crippen LogP contribution is 2.28. The minimum atomic E-state index is 0.513. The van der Waals surface area contributed by atoms with Crippen LogP contribution in [0.15, 0.2) is 47.6 Å². The monoisotopic (exact) mass is 416 g/mol. The molecule has 6 nitrogen and oxygen atoms in total. The number of H-pyrrole nitrogens is 1. The molecule has 0 fully saturated rings. The standard InChI is InChI=1S/C22H28N2O4S/c1-17-18(16-29-22-23-19-7-3-4-8-20(19)24-22)6-5-9-21(17)28-15-14-27-13-12-26-11-10-25-2/h3-9H,10-16H2,1-2H3,(H,23,24). The SMILES string of the molecule is COCCOCCOCCOc1cccc(CSc2nc3ccccc3[nH]2)c1C. The van der Waals surface area contributed by atoms with Gasteiger partial charge in [-0.2, -0.15) is 0 Å². The van der Waals surface area contributed by atoms with Crippen LogP contribution in [0.1, 0.15) is 11.1 Å². The van der Waals surface area contributed by atoms with Crippen LogP contribution in [0.25, 0.3) is 11.0 Å². The third-order valence-electron chi connectivity index (χ3n) is 4.42. The smallest absolute Gasteiger partial charge is 0.166 e. The van der Waals surface area contributed by atoms with Gasteiger partial charge in [-0.25, -0.2) is 4.98 Å². The molecule has 0 aliphatic carbocycles. The number of nitrogens with one attached hydrogen (secondary N) is 1. The highest BCUT2D eigenvalue weighted by Gasteiger charge is 2.08. The molecule has 0 saturated heterocycles. The average Bonchev–Trinajstić information content (AvgIpc) is 3.16. The molecule has 0 amide bonds. The maximum Gasteiger partial charge on any atom is 0.166 e. The van der Waals surface area contributed by atoms with E-state index in [1.807, 2.05) is 36.4 Å². The van der Waals surface area contributed by atoms with E-state index in [0.717, 1.165) is 33.3 Å². The molecule has 1 aromatic heterocycles. The van der Waals surface area contributed by atoms with Crippen molar-refractivity contribution in [2.75, 3.05) is 46.8 Å². The Morgan fingerprint density at radius 3 is 2.45 bits per heavy atom. The molecule has 1 heterocycles. The van der Waals surface area contributed by atoms with Gasteiger partial charge < -0.3 is 23.9 Å². The van der Waals surface area contributed by atoms with Crippen LogP contribution in [0, 0.1) is 6.92 Å². The Morgan fingerprint density at radius 2 is 1.66 bits per heavy atom. The third kappa shape index (κ3) is 6.75. The van der Waals surface area contributed by atoms with Crippen molar-refractivity contribution in [2.45, 2.75) is 17.8 Å². The highest BCUT2D eigenvalue weighted by molar-refractivity contribution is 7.98. The van der Waals surface area contributed by atoms with Crippen molar-refractivity contribution in [1.29, 1.82) is 0 Å². The van der Waals surface area contributed by atoms with E-state index in [9.17, 15) is 0 Å². The molecule has 3 rings (SSSR count). The molecular formula is C22H28N2O4S. The van der Waals surface area contributed by atoms with Crippen LogP contribution in [-0.4, -0.2) is 56.7 Å². The summed E-state index contributed by atoms with van der Waals surface area (Å²) in [7, 11) is 1.66. The summed E-state index contributed by atoms with van der Waals surface area (Å²) in [4.78, 5) is 7.98. The van der Waals surface area contributed by atoms with Crippen LogP contribution < -0.4 is 4.74 Å². The van der Waals surface area contributed by atoms with Gasteiger partial charge in [-0.1, -0.05) is 36.0 Å². The second kappa shape index (κ2) is 11.8. The molecule has 0 radical (unpaired) electrons. The van der Waals surface area contributed by atoms with Gasteiger partial charge in [0.2, 0.25) is 0 Å². The number of nitrogens with zero attached hydrogens (tertiary/aromatic N) is 1. The molecule has 0 unspecified atom stereocenters. The first kappa shape index (κ1) is 21.6. The molecule has 3 aromatic rings. The number of imidazole rings is 1. The first-order chi connectivity index (χ1) is 14.3. The van der Waals surface area contributed by atoms with Gasteiger partial charge in [-0.05, 0) is 36.2 Å². The summed E-state index contributed by atoms with van der Waals surface area (Å²) in [5.41, 5.74) is 4.44. The van der Waals surface area contributed by atoms with Crippen LogP contribution >= 0.6 is 11.8 Å². The Balaban J connectivity index is 1.42. The molecule has 0 atom stereocenters. The number of rotatable bonds is 13. The molecule has 2 aromatic carbocycles. The minimum absolute atomic E-state index is 0.513. The maximum atomic E-state index is 5.90. The first-order valence-electron chi connectivity index (χ1n) is 9.71. The number of fused-ring (bicyclic) bond motifs is 1. The van der Waals surface area contributed by atoms with Crippen molar-refractivity contribution in [1.82, 2.24) is 9.97 Å². The van der Waals surface area contributed by atoms with Crippen molar-refractivity contribution in [2.24, 2.45) is 0 Å². The van der Waals surface area contributed by atoms with Gasteiger partial charge >= 0.3 is 0 Å². The summed E-state index contributed by atoms with van der Waals surface area (Å²) in [6, 6.07) is 14.2. The number of para-hydroxylation sites is 2. The molecule has 0 saturated carbocycles. The van der Waals surface area contributed by atoms with Crippen molar-refractivity contribution in [3.05, 3.63) is 53.6 Å². The number of methoxy groups -OCH3 is 1. The molecule has 0 aliphatic heterocycles. The minimum Gasteiger partial charge on any atom is -0.491 e. The number of thioether (sulfide) groups is 1. The topological polar surface area (TPSA) is 65.6 Å². The van der Waals surface area contributed by atoms with Crippen LogP contribution in [0.5, 0.6) is 5.75 Å². The van der Waals surface area contributed by atoms with E-state index in [2.05, 4.69) is 23.0 Å². The predicted molar refractivity (Wildman–Crippen MR) is 116 cm³/mol. The zero-order valence-electron chi connectivity index (χ0n) is 17.0. The van der Waals surface area contributed by atoms with E-state index in [0.29, 0.717) is 39.6 Å². The Labute approximate surface area is 175 Å². The fraction of sp³-hybridized carbons (Fsp3) is 0.409. The van der Waals surface area contributed by atoms with E-state index in [-0.39, 0.29) is 0 Å². The quantitative estimate of drug-likeness (QED) is 0.332. The van der Waals surface area contributed by atoms with E-state index in [1.54, 1.807) is 18.9 Å². The van der Waals surface area contributed by atoms with Gasteiger partial charge in [0.05, 0.1) is 44.1 Å². The first-order valence-corrected chi connectivity index (χ1v) is 10.7. The molecule has 29 heavy (non-hydrogen) atoms. The molecule has 0 bridgehead atoms. The van der Waals surface area contributed by atoms with Crippen LogP contribution in [0.3, 0.4) is 0 Å². The van der Waals surface area contributed by atoms with Gasteiger partial charge in [0.15, 0.2) is 5.16 Å². The lowest BCUT2D eigenvalue weighted by Gasteiger charge is -2.12. The van der Waals surface area contributed by atoms with Gasteiger partial charge in [-0.3, -0.25) is 0 Å². The fourth-order valence-electron chi connectivity index (χ4n) is 2.79. The van der Waals surface area contributed by atoms with E-state index in [1.165, 1.54) is 5.56 Å². The van der Waals surface area contributed by atoms with Crippen molar-refractivity contribution < 1.29 is 18.9 Å². The van der Waals surface area contributed by atoms with E-state index < -0.39 is 0 Å². The number of aromatic amines is 1. The number of ether oxygens (including phenoxy) is 4.